The minimum Gasteiger partial charge on any atom is -0.484 e. The zero-order valence-electron chi connectivity index (χ0n) is 23.7. The number of ether oxygens (including phenoxy) is 2. The number of para-hydroxylation sites is 2. The van der Waals surface area contributed by atoms with Crippen molar-refractivity contribution in [2.75, 3.05) is 23.8 Å². The predicted octanol–water partition coefficient (Wildman–Crippen LogP) is 7.43. The van der Waals surface area contributed by atoms with E-state index in [1.165, 1.54) is 0 Å². The van der Waals surface area contributed by atoms with Crippen molar-refractivity contribution in [3.05, 3.63) is 145 Å². The Morgan fingerprint density at radius 3 is 1.32 bits per heavy atom. The van der Waals surface area contributed by atoms with Gasteiger partial charge in [0.1, 0.15) is 11.5 Å². The molecule has 0 aromatic heterocycles. The standard InChI is InChI=1S/C38H28N2O4/c41-37(25-43-33-21-19-27-9-1-3-13-31(27)23-33)39-35-15-7-5-11-29(35)17-18-30-12-6-8-16-36(30)40-38(42)26-44-34-22-20-28-10-2-4-14-32(28)24-34/h1-16,19-24H,25-26H2,(H,39,41)(H,40,42). The minimum absolute atomic E-state index is 0.143. The van der Waals surface area contributed by atoms with Crippen molar-refractivity contribution in [3.8, 4) is 23.3 Å². The summed E-state index contributed by atoms with van der Waals surface area (Å²) in [7, 11) is 0. The van der Waals surface area contributed by atoms with Crippen LogP contribution in [-0.2, 0) is 9.59 Å². The lowest BCUT2D eigenvalue weighted by atomic mass is 10.1. The quantitative estimate of drug-likeness (QED) is 0.185. The lowest BCUT2D eigenvalue weighted by molar-refractivity contribution is -0.118. The number of carbonyl (C=O) groups is 2. The molecule has 0 saturated heterocycles. The van der Waals surface area contributed by atoms with Crippen molar-refractivity contribution in [1.82, 2.24) is 0 Å². The van der Waals surface area contributed by atoms with Gasteiger partial charge in [0, 0.05) is 11.1 Å². The van der Waals surface area contributed by atoms with Crippen LogP contribution in [0.2, 0.25) is 0 Å². The number of benzene rings is 6. The Kier molecular flexibility index (Phi) is 8.47. The van der Waals surface area contributed by atoms with Crippen LogP contribution in [0.25, 0.3) is 21.5 Å². The molecule has 6 aromatic carbocycles. The van der Waals surface area contributed by atoms with E-state index >= 15 is 0 Å². The topological polar surface area (TPSA) is 76.7 Å². The first-order chi connectivity index (χ1) is 21.6. The van der Waals surface area contributed by atoms with Gasteiger partial charge in [-0.3, -0.25) is 9.59 Å². The molecule has 44 heavy (non-hydrogen) atoms. The SMILES string of the molecule is O=C(COc1ccc2ccccc2c1)Nc1ccccc1C#Cc1ccccc1NC(=O)COc1ccc2ccccc2c1. The molecule has 0 aliphatic carbocycles. The minimum atomic E-state index is -0.300. The molecule has 0 aliphatic rings. The largest absolute Gasteiger partial charge is 0.484 e. The van der Waals surface area contributed by atoms with E-state index in [4.69, 9.17) is 9.47 Å². The van der Waals surface area contributed by atoms with E-state index in [0.717, 1.165) is 21.5 Å². The Bertz CT molecular complexity index is 1900. The summed E-state index contributed by atoms with van der Waals surface area (Å²) in [6.07, 6.45) is 0. The molecule has 0 heterocycles. The average Bonchev–Trinajstić information content (AvgIpc) is 3.06. The van der Waals surface area contributed by atoms with Gasteiger partial charge in [-0.1, -0.05) is 96.8 Å². The number of amides is 2. The second kappa shape index (κ2) is 13.3. The maximum Gasteiger partial charge on any atom is 0.262 e. The molecule has 0 atom stereocenters. The van der Waals surface area contributed by atoms with Gasteiger partial charge in [-0.05, 0) is 70.1 Å². The maximum atomic E-state index is 12.7. The summed E-state index contributed by atoms with van der Waals surface area (Å²) in [4.78, 5) is 25.5. The third-order valence-corrected chi connectivity index (χ3v) is 6.92. The Labute approximate surface area is 255 Å². The number of fused-ring (bicyclic) bond motifs is 2. The highest BCUT2D eigenvalue weighted by Gasteiger charge is 2.09. The molecule has 2 N–H and O–H groups in total. The summed E-state index contributed by atoms with van der Waals surface area (Å²) in [6.45, 7) is -0.285. The van der Waals surface area contributed by atoms with Crippen molar-refractivity contribution in [3.63, 3.8) is 0 Å². The van der Waals surface area contributed by atoms with Crippen LogP contribution in [0.5, 0.6) is 11.5 Å². The molecule has 214 valence electrons. The van der Waals surface area contributed by atoms with Gasteiger partial charge < -0.3 is 20.1 Å². The van der Waals surface area contributed by atoms with Gasteiger partial charge in [-0.15, -0.1) is 0 Å². The summed E-state index contributed by atoms with van der Waals surface area (Å²) in [5, 5.41) is 10.1. The summed E-state index contributed by atoms with van der Waals surface area (Å²) >= 11 is 0. The van der Waals surface area contributed by atoms with Crippen LogP contribution in [0.4, 0.5) is 11.4 Å². The normalized spacial score (nSPS) is 10.5. The number of nitrogens with one attached hydrogen (secondary N) is 2. The second-order valence-electron chi connectivity index (χ2n) is 10.0. The first-order valence-electron chi connectivity index (χ1n) is 14.1. The van der Waals surface area contributed by atoms with E-state index in [1.54, 1.807) is 12.1 Å². The first-order valence-corrected chi connectivity index (χ1v) is 14.1. The van der Waals surface area contributed by atoms with E-state index < -0.39 is 0 Å². The van der Waals surface area contributed by atoms with Crippen molar-refractivity contribution >= 4 is 44.7 Å². The van der Waals surface area contributed by atoms with Gasteiger partial charge in [0.25, 0.3) is 11.8 Å². The monoisotopic (exact) mass is 576 g/mol. The second-order valence-corrected chi connectivity index (χ2v) is 10.0. The van der Waals surface area contributed by atoms with Crippen LogP contribution in [0.15, 0.2) is 133 Å². The molecule has 6 rings (SSSR count). The number of hydrogen-bond acceptors (Lipinski definition) is 4. The number of hydrogen-bond donors (Lipinski definition) is 2. The molecule has 6 aromatic rings. The van der Waals surface area contributed by atoms with Crippen LogP contribution in [0.3, 0.4) is 0 Å². The van der Waals surface area contributed by atoms with E-state index in [2.05, 4.69) is 22.5 Å². The number of rotatable bonds is 8. The molecule has 0 aliphatic heterocycles. The summed E-state index contributed by atoms with van der Waals surface area (Å²) in [6, 6.07) is 42.0. The molecule has 0 fully saturated rings. The Balaban J connectivity index is 1.08. The average molecular weight is 577 g/mol. The van der Waals surface area contributed by atoms with Crippen molar-refractivity contribution in [2.24, 2.45) is 0 Å². The Morgan fingerprint density at radius 2 is 0.864 bits per heavy atom. The van der Waals surface area contributed by atoms with Crippen molar-refractivity contribution in [2.45, 2.75) is 0 Å². The van der Waals surface area contributed by atoms with Gasteiger partial charge in [0.05, 0.1) is 11.4 Å². The third-order valence-electron chi connectivity index (χ3n) is 6.92. The molecular formula is C38H28N2O4. The summed E-state index contributed by atoms with van der Waals surface area (Å²) < 4.78 is 11.5. The van der Waals surface area contributed by atoms with Crippen LogP contribution in [0.1, 0.15) is 11.1 Å². The molecule has 0 radical (unpaired) electrons. The maximum absolute atomic E-state index is 12.7. The molecule has 6 heteroatoms. The molecule has 0 spiro atoms. The molecule has 0 saturated carbocycles. The highest BCUT2D eigenvalue weighted by molar-refractivity contribution is 5.94. The van der Waals surface area contributed by atoms with Crippen LogP contribution in [0, 0.1) is 11.8 Å². The zero-order valence-corrected chi connectivity index (χ0v) is 23.7. The van der Waals surface area contributed by atoms with Gasteiger partial charge in [-0.2, -0.15) is 0 Å². The van der Waals surface area contributed by atoms with Crippen LogP contribution in [-0.4, -0.2) is 25.0 Å². The van der Waals surface area contributed by atoms with Gasteiger partial charge in [0.2, 0.25) is 0 Å². The van der Waals surface area contributed by atoms with Gasteiger partial charge in [-0.25, -0.2) is 0 Å². The van der Waals surface area contributed by atoms with E-state index in [1.807, 2.05) is 121 Å². The Morgan fingerprint density at radius 1 is 0.477 bits per heavy atom. The van der Waals surface area contributed by atoms with Crippen LogP contribution >= 0.6 is 0 Å². The smallest absolute Gasteiger partial charge is 0.262 e. The lowest BCUT2D eigenvalue weighted by Gasteiger charge is -2.10. The van der Waals surface area contributed by atoms with Gasteiger partial charge >= 0.3 is 0 Å². The molecule has 0 bridgehead atoms. The van der Waals surface area contributed by atoms with Crippen molar-refractivity contribution in [1.29, 1.82) is 0 Å². The fraction of sp³-hybridized carbons (Fsp3) is 0.0526. The van der Waals surface area contributed by atoms with Gasteiger partial charge in [0.15, 0.2) is 13.2 Å². The highest BCUT2D eigenvalue weighted by Crippen LogP contribution is 2.22. The van der Waals surface area contributed by atoms with E-state index in [0.29, 0.717) is 34.0 Å². The lowest BCUT2D eigenvalue weighted by Crippen LogP contribution is -2.20. The molecule has 0 unspecified atom stereocenters. The summed E-state index contributed by atoms with van der Waals surface area (Å²) in [5.41, 5.74) is 2.40. The molecule has 6 nitrogen and oxygen atoms in total. The Hall–Kier alpha value is -6.06. The fourth-order valence-corrected chi connectivity index (χ4v) is 4.72. The number of carbonyl (C=O) groups excluding carboxylic acids is 2. The van der Waals surface area contributed by atoms with Crippen LogP contribution < -0.4 is 20.1 Å². The van der Waals surface area contributed by atoms with Crippen molar-refractivity contribution < 1.29 is 19.1 Å². The third kappa shape index (κ3) is 7.04. The van der Waals surface area contributed by atoms with E-state index in [-0.39, 0.29) is 25.0 Å². The first kappa shape index (κ1) is 28.1. The molecular weight excluding hydrogens is 548 g/mol. The summed E-state index contributed by atoms with van der Waals surface area (Å²) in [5.74, 6) is 6.90. The highest BCUT2D eigenvalue weighted by atomic mass is 16.5. The number of anilines is 2. The fourth-order valence-electron chi connectivity index (χ4n) is 4.72. The molecule has 2 amide bonds. The zero-order chi connectivity index (χ0) is 30.1. The predicted molar refractivity (Wildman–Crippen MR) is 175 cm³/mol. The van der Waals surface area contributed by atoms with E-state index in [9.17, 15) is 9.59 Å².